The van der Waals surface area contributed by atoms with Crippen molar-refractivity contribution in [2.45, 2.75) is 0 Å². The van der Waals surface area contributed by atoms with Gasteiger partial charge in [0.2, 0.25) is 0 Å². The zero-order valence-electron chi connectivity index (χ0n) is 5.19. The molecular formula is C6H5N3O. The Labute approximate surface area is 57.6 Å². The van der Waals surface area contributed by atoms with E-state index in [1.165, 1.54) is 12.5 Å². The van der Waals surface area contributed by atoms with Crippen molar-refractivity contribution in [3.05, 3.63) is 11.9 Å². The van der Waals surface area contributed by atoms with Crippen LogP contribution in [0.5, 0.6) is 0 Å². The lowest BCUT2D eigenvalue weighted by Gasteiger charge is -2.13. The molecule has 0 aromatic rings. The lowest BCUT2D eigenvalue weighted by Crippen LogP contribution is -2.23. The zero-order chi connectivity index (χ0) is 6.97. The number of amides is 1. The molecule has 0 N–H and O–H groups in total. The third-order valence-corrected chi connectivity index (χ3v) is 1.42. The molecule has 4 nitrogen and oxygen atoms in total. The first-order valence-corrected chi connectivity index (χ1v) is 2.95. The molecule has 0 fully saturated rings. The van der Waals surface area contributed by atoms with Gasteiger partial charge in [-0.1, -0.05) is 0 Å². The van der Waals surface area contributed by atoms with Crippen LogP contribution in [-0.4, -0.2) is 29.9 Å². The Morgan fingerprint density at radius 1 is 1.60 bits per heavy atom. The Hall–Kier alpha value is -1.45. The summed E-state index contributed by atoms with van der Waals surface area (Å²) in [4.78, 5) is 20.0. The molecule has 2 aliphatic heterocycles. The number of aliphatic imine (C=N–C) groups is 2. The summed E-state index contributed by atoms with van der Waals surface area (Å²) in [5, 5.41) is 0. The molecule has 0 radical (unpaired) electrons. The van der Waals surface area contributed by atoms with Crippen molar-refractivity contribution in [1.29, 1.82) is 0 Å². The van der Waals surface area contributed by atoms with Crippen LogP contribution in [0.2, 0.25) is 0 Å². The van der Waals surface area contributed by atoms with Crippen molar-refractivity contribution < 1.29 is 4.79 Å². The molecule has 0 spiro atoms. The first-order valence-electron chi connectivity index (χ1n) is 2.95. The Morgan fingerprint density at radius 3 is 3.30 bits per heavy atom. The standard InChI is InChI=1S/C6H5N3O/c10-6-5-3-7-1-2-9(5)4-8-6/h1,3-4H,2H2. The maximum absolute atomic E-state index is 10.8. The summed E-state index contributed by atoms with van der Waals surface area (Å²) in [5.74, 6) is -0.197. The largest absolute Gasteiger partial charge is 0.321 e. The molecular weight excluding hydrogens is 130 g/mol. The summed E-state index contributed by atoms with van der Waals surface area (Å²) in [5.41, 5.74) is 0.572. The van der Waals surface area contributed by atoms with E-state index in [0.29, 0.717) is 12.2 Å². The number of rotatable bonds is 0. The van der Waals surface area contributed by atoms with E-state index in [1.54, 1.807) is 11.1 Å². The summed E-state index contributed by atoms with van der Waals surface area (Å²) in [6, 6.07) is 0. The Bertz CT molecular complexity index is 264. The number of fused-ring (bicyclic) bond motifs is 1. The van der Waals surface area contributed by atoms with Gasteiger partial charge in [0.15, 0.2) is 0 Å². The fourth-order valence-corrected chi connectivity index (χ4v) is 0.907. The highest BCUT2D eigenvalue weighted by Crippen LogP contribution is 2.12. The smallest absolute Gasteiger partial charge is 0.296 e. The molecule has 2 aliphatic rings. The number of hydrogen-bond acceptors (Lipinski definition) is 3. The second-order valence-corrected chi connectivity index (χ2v) is 2.05. The molecule has 0 aromatic carbocycles. The third kappa shape index (κ3) is 0.586. The molecule has 1 amide bonds. The van der Waals surface area contributed by atoms with E-state index in [0.717, 1.165) is 0 Å². The quantitative estimate of drug-likeness (QED) is 0.461. The van der Waals surface area contributed by atoms with Crippen molar-refractivity contribution >= 4 is 18.5 Å². The topological polar surface area (TPSA) is 45.0 Å². The highest BCUT2D eigenvalue weighted by molar-refractivity contribution is 6.05. The van der Waals surface area contributed by atoms with E-state index in [4.69, 9.17) is 0 Å². The molecule has 0 aliphatic carbocycles. The number of nitrogens with zero attached hydrogens (tertiary/aromatic N) is 3. The molecule has 50 valence electrons. The molecule has 0 aromatic heterocycles. The number of carbonyl (C=O) groups is 1. The maximum Gasteiger partial charge on any atom is 0.296 e. The number of carbonyl (C=O) groups excluding carboxylic acids is 1. The summed E-state index contributed by atoms with van der Waals surface area (Å²) in [6.07, 6.45) is 4.78. The highest BCUT2D eigenvalue weighted by atomic mass is 16.2. The summed E-state index contributed by atoms with van der Waals surface area (Å²) < 4.78 is 0. The van der Waals surface area contributed by atoms with Crippen LogP contribution in [-0.2, 0) is 4.79 Å². The van der Waals surface area contributed by atoms with Crippen LogP contribution in [0.25, 0.3) is 0 Å². The summed E-state index contributed by atoms with van der Waals surface area (Å²) in [7, 11) is 0. The predicted octanol–water partition coefficient (Wildman–Crippen LogP) is -0.217. The van der Waals surface area contributed by atoms with Crippen molar-refractivity contribution in [3.8, 4) is 0 Å². The summed E-state index contributed by atoms with van der Waals surface area (Å²) >= 11 is 0. The van der Waals surface area contributed by atoms with Gasteiger partial charge in [0.25, 0.3) is 5.91 Å². The van der Waals surface area contributed by atoms with Gasteiger partial charge in [-0.2, -0.15) is 4.99 Å². The van der Waals surface area contributed by atoms with Gasteiger partial charge in [0, 0.05) is 6.21 Å². The van der Waals surface area contributed by atoms with Crippen molar-refractivity contribution in [3.63, 3.8) is 0 Å². The second-order valence-electron chi connectivity index (χ2n) is 2.05. The second kappa shape index (κ2) is 1.76. The van der Waals surface area contributed by atoms with E-state index < -0.39 is 0 Å². The van der Waals surface area contributed by atoms with Crippen LogP contribution in [0.15, 0.2) is 21.9 Å². The van der Waals surface area contributed by atoms with Crippen LogP contribution in [0.1, 0.15) is 0 Å². The van der Waals surface area contributed by atoms with E-state index in [2.05, 4.69) is 9.98 Å². The maximum atomic E-state index is 10.8. The van der Waals surface area contributed by atoms with Crippen molar-refractivity contribution in [2.24, 2.45) is 9.98 Å². The first kappa shape index (κ1) is 5.34. The van der Waals surface area contributed by atoms with Crippen LogP contribution >= 0.6 is 0 Å². The van der Waals surface area contributed by atoms with E-state index >= 15 is 0 Å². The fourth-order valence-electron chi connectivity index (χ4n) is 0.907. The average Bonchev–Trinajstić information content (AvgIpc) is 2.34. The Balaban J connectivity index is 2.40. The minimum absolute atomic E-state index is 0.197. The number of hydrogen-bond donors (Lipinski definition) is 0. The van der Waals surface area contributed by atoms with Gasteiger partial charge in [-0.3, -0.25) is 9.79 Å². The van der Waals surface area contributed by atoms with Gasteiger partial charge < -0.3 is 4.90 Å². The molecule has 0 saturated heterocycles. The average molecular weight is 135 g/mol. The molecule has 2 heterocycles. The van der Waals surface area contributed by atoms with Gasteiger partial charge in [-0.15, -0.1) is 0 Å². The summed E-state index contributed by atoms with van der Waals surface area (Å²) in [6.45, 7) is 0.654. The van der Waals surface area contributed by atoms with Gasteiger partial charge in [-0.05, 0) is 0 Å². The van der Waals surface area contributed by atoms with Crippen molar-refractivity contribution in [1.82, 2.24) is 4.90 Å². The minimum atomic E-state index is -0.197. The van der Waals surface area contributed by atoms with Crippen LogP contribution in [0.3, 0.4) is 0 Å². The molecule has 0 bridgehead atoms. The van der Waals surface area contributed by atoms with Gasteiger partial charge in [0.1, 0.15) is 5.70 Å². The highest BCUT2D eigenvalue weighted by Gasteiger charge is 2.21. The van der Waals surface area contributed by atoms with Gasteiger partial charge in [-0.25, -0.2) is 0 Å². The Kier molecular flexibility index (Phi) is 0.943. The lowest BCUT2D eigenvalue weighted by atomic mass is 10.4. The third-order valence-electron chi connectivity index (χ3n) is 1.42. The fraction of sp³-hybridized carbons (Fsp3) is 0.167. The molecule has 10 heavy (non-hydrogen) atoms. The van der Waals surface area contributed by atoms with Gasteiger partial charge in [0.05, 0.1) is 19.1 Å². The van der Waals surface area contributed by atoms with Crippen LogP contribution in [0, 0.1) is 0 Å². The van der Waals surface area contributed by atoms with Crippen LogP contribution in [0.4, 0.5) is 0 Å². The molecule has 0 saturated carbocycles. The molecule has 0 atom stereocenters. The molecule has 4 heteroatoms. The van der Waals surface area contributed by atoms with Gasteiger partial charge >= 0.3 is 0 Å². The predicted molar refractivity (Wildman–Crippen MR) is 36.8 cm³/mol. The van der Waals surface area contributed by atoms with E-state index in [-0.39, 0.29) is 5.91 Å². The van der Waals surface area contributed by atoms with Crippen LogP contribution < -0.4 is 0 Å². The first-order chi connectivity index (χ1) is 4.88. The zero-order valence-corrected chi connectivity index (χ0v) is 5.19. The van der Waals surface area contributed by atoms with E-state index in [9.17, 15) is 4.79 Å². The van der Waals surface area contributed by atoms with Crippen molar-refractivity contribution in [2.75, 3.05) is 6.54 Å². The normalized spacial score (nSPS) is 21.4. The Morgan fingerprint density at radius 2 is 2.50 bits per heavy atom. The molecule has 2 rings (SSSR count). The lowest BCUT2D eigenvalue weighted by molar-refractivity contribution is -0.114. The minimum Gasteiger partial charge on any atom is -0.321 e. The molecule has 0 unspecified atom stereocenters. The monoisotopic (exact) mass is 135 g/mol. The SMILES string of the molecule is O=C1N=CN2CC=NC=C12. The van der Waals surface area contributed by atoms with E-state index in [1.807, 2.05) is 0 Å².